The Hall–Kier alpha value is -4.66. The number of carboxylic acid groups (broad SMARTS) is 1. The van der Waals surface area contributed by atoms with E-state index >= 15 is 0 Å². The number of imidazole rings is 1. The second-order valence-electron chi connectivity index (χ2n) is 11.4. The van der Waals surface area contributed by atoms with Crippen LogP contribution in [0.3, 0.4) is 0 Å². The van der Waals surface area contributed by atoms with Crippen molar-refractivity contribution in [2.45, 2.75) is 69.4 Å². The highest BCUT2D eigenvalue weighted by Crippen LogP contribution is 2.36. The minimum Gasteiger partial charge on any atom is -0.478 e. The van der Waals surface area contributed by atoms with E-state index in [9.17, 15) is 14.4 Å². The quantitative estimate of drug-likeness (QED) is 0.186. The van der Waals surface area contributed by atoms with Gasteiger partial charge in [-0.2, -0.15) is 0 Å². The first-order valence-electron chi connectivity index (χ1n) is 14.7. The van der Waals surface area contributed by atoms with Gasteiger partial charge in [-0.15, -0.1) is 0 Å². The molecule has 0 radical (unpaired) electrons. The van der Waals surface area contributed by atoms with Crippen LogP contribution in [0.2, 0.25) is 0 Å². The smallest absolute Gasteiger partial charge is 0.328 e. The molecule has 216 valence electrons. The van der Waals surface area contributed by atoms with Gasteiger partial charge in [0.1, 0.15) is 5.54 Å². The predicted molar refractivity (Wildman–Crippen MR) is 162 cm³/mol. The number of carboxylic acids is 1. The summed E-state index contributed by atoms with van der Waals surface area (Å²) in [6.07, 6.45) is 13.1. The van der Waals surface area contributed by atoms with Gasteiger partial charge in [0.25, 0.3) is 5.91 Å². The van der Waals surface area contributed by atoms with Crippen molar-refractivity contribution in [3.8, 4) is 11.5 Å². The molecule has 0 aliphatic heterocycles. The number of carbonyl (C=O) groups is 3. The lowest BCUT2D eigenvalue weighted by atomic mass is 9.94. The van der Waals surface area contributed by atoms with Crippen LogP contribution in [0, 0.1) is 0 Å². The number of nitrogens with one attached hydrogen (secondary N) is 3. The zero-order valence-electron chi connectivity index (χ0n) is 23.4. The van der Waals surface area contributed by atoms with Crippen LogP contribution in [-0.4, -0.2) is 43.0 Å². The fraction of sp³-hybridized carbons (Fsp3) is 0.333. The van der Waals surface area contributed by atoms with Crippen LogP contribution in [0.5, 0.6) is 0 Å². The Morgan fingerprint density at radius 2 is 1.74 bits per heavy atom. The SMILES string of the molecule is O=C(O)/C=C/c1ccc(NC(=O)C2(NC(=O)c3ccc4c(c3)nc(-c3ccc[nH]3)n4C3CCCCC3)CCCC2)cc1. The Bertz CT molecular complexity index is 1620. The Morgan fingerprint density at radius 1 is 0.976 bits per heavy atom. The van der Waals surface area contributed by atoms with Crippen molar-refractivity contribution in [3.05, 3.63) is 78.0 Å². The van der Waals surface area contributed by atoms with Gasteiger partial charge in [0.15, 0.2) is 5.82 Å². The monoisotopic (exact) mass is 565 g/mol. The van der Waals surface area contributed by atoms with Crippen LogP contribution in [0.25, 0.3) is 28.6 Å². The van der Waals surface area contributed by atoms with Gasteiger partial charge in [-0.1, -0.05) is 44.2 Å². The highest BCUT2D eigenvalue weighted by atomic mass is 16.4. The molecule has 9 heteroatoms. The van der Waals surface area contributed by atoms with E-state index in [0.29, 0.717) is 35.7 Å². The van der Waals surface area contributed by atoms with Gasteiger partial charge in [0, 0.05) is 29.6 Å². The van der Waals surface area contributed by atoms with Crippen molar-refractivity contribution in [2.75, 3.05) is 5.32 Å². The summed E-state index contributed by atoms with van der Waals surface area (Å²) >= 11 is 0. The highest BCUT2D eigenvalue weighted by molar-refractivity contribution is 6.05. The zero-order chi connectivity index (χ0) is 29.1. The van der Waals surface area contributed by atoms with E-state index in [0.717, 1.165) is 54.3 Å². The Morgan fingerprint density at radius 3 is 2.43 bits per heavy atom. The molecule has 6 rings (SSSR count). The summed E-state index contributed by atoms with van der Waals surface area (Å²) in [5, 5.41) is 14.9. The molecule has 2 aromatic carbocycles. The van der Waals surface area contributed by atoms with Gasteiger partial charge >= 0.3 is 5.97 Å². The van der Waals surface area contributed by atoms with Crippen molar-refractivity contribution in [1.29, 1.82) is 0 Å². The standard InChI is InChI=1S/C33H35N5O4/c39-29(40)17-12-22-10-14-24(15-11-22)35-32(42)33(18-4-5-19-33)37-31(41)23-13-16-28-27(21-23)36-30(26-9-6-20-34-26)38(28)25-7-2-1-3-8-25/h6,9-17,20-21,25,34H,1-5,7-8,18-19H2,(H,35,42)(H,37,41)(H,39,40)/b17-12+. The van der Waals surface area contributed by atoms with Gasteiger partial charge in [-0.05, 0) is 79.8 Å². The molecule has 0 bridgehead atoms. The van der Waals surface area contributed by atoms with Crippen LogP contribution < -0.4 is 10.6 Å². The van der Waals surface area contributed by atoms with E-state index in [1.54, 1.807) is 24.3 Å². The lowest BCUT2D eigenvalue weighted by Gasteiger charge is -2.29. The number of fused-ring (bicyclic) bond motifs is 1. The maximum atomic E-state index is 13.6. The van der Waals surface area contributed by atoms with Crippen LogP contribution >= 0.6 is 0 Å². The van der Waals surface area contributed by atoms with Gasteiger partial charge in [0.05, 0.1) is 16.7 Å². The third kappa shape index (κ3) is 5.59. The van der Waals surface area contributed by atoms with Crippen LogP contribution in [0.4, 0.5) is 5.69 Å². The van der Waals surface area contributed by atoms with Gasteiger partial charge in [-0.25, -0.2) is 9.78 Å². The van der Waals surface area contributed by atoms with Crippen molar-refractivity contribution >= 4 is 40.6 Å². The number of carbonyl (C=O) groups excluding carboxylic acids is 2. The Balaban J connectivity index is 1.23. The molecule has 2 heterocycles. The number of amides is 2. The molecule has 2 fully saturated rings. The molecule has 2 aliphatic carbocycles. The normalized spacial score (nSPS) is 17.0. The Labute approximate surface area is 244 Å². The van der Waals surface area contributed by atoms with Crippen molar-refractivity contribution in [1.82, 2.24) is 19.9 Å². The second kappa shape index (κ2) is 11.7. The van der Waals surface area contributed by atoms with E-state index in [4.69, 9.17) is 10.1 Å². The summed E-state index contributed by atoms with van der Waals surface area (Å²) in [5.74, 6) is -0.685. The van der Waals surface area contributed by atoms with Gasteiger partial charge in [-0.3, -0.25) is 9.59 Å². The van der Waals surface area contributed by atoms with Gasteiger partial charge in [0.2, 0.25) is 5.91 Å². The lowest BCUT2D eigenvalue weighted by molar-refractivity contribution is -0.131. The number of H-pyrrole nitrogens is 1. The molecule has 0 unspecified atom stereocenters. The summed E-state index contributed by atoms with van der Waals surface area (Å²) < 4.78 is 2.33. The molecular formula is C33H35N5O4. The predicted octanol–water partition coefficient (Wildman–Crippen LogP) is 6.32. The van der Waals surface area contributed by atoms with Crippen molar-refractivity contribution in [3.63, 3.8) is 0 Å². The summed E-state index contributed by atoms with van der Waals surface area (Å²) in [7, 11) is 0. The summed E-state index contributed by atoms with van der Waals surface area (Å²) in [4.78, 5) is 46.2. The van der Waals surface area contributed by atoms with Crippen molar-refractivity contribution < 1.29 is 19.5 Å². The fourth-order valence-corrected chi connectivity index (χ4v) is 6.38. The fourth-order valence-electron chi connectivity index (χ4n) is 6.38. The van der Waals surface area contributed by atoms with Crippen molar-refractivity contribution in [2.24, 2.45) is 0 Å². The van der Waals surface area contributed by atoms with E-state index in [1.807, 2.05) is 36.5 Å². The number of aliphatic carboxylic acids is 1. The summed E-state index contributed by atoms with van der Waals surface area (Å²) in [6, 6.07) is 16.9. The highest BCUT2D eigenvalue weighted by Gasteiger charge is 2.42. The van der Waals surface area contributed by atoms with Crippen LogP contribution in [0.1, 0.15) is 79.8 Å². The average Bonchev–Trinajstić information content (AvgIpc) is 3.77. The average molecular weight is 566 g/mol. The molecule has 2 aromatic heterocycles. The number of rotatable bonds is 8. The maximum Gasteiger partial charge on any atom is 0.328 e. The Kier molecular flexibility index (Phi) is 7.65. The number of anilines is 1. The van der Waals surface area contributed by atoms with Crippen LogP contribution in [-0.2, 0) is 9.59 Å². The van der Waals surface area contributed by atoms with E-state index in [1.165, 1.54) is 25.3 Å². The topological polar surface area (TPSA) is 129 Å². The molecule has 2 saturated carbocycles. The molecule has 0 spiro atoms. The first-order valence-corrected chi connectivity index (χ1v) is 14.7. The second-order valence-corrected chi connectivity index (χ2v) is 11.4. The largest absolute Gasteiger partial charge is 0.478 e. The molecule has 4 N–H and O–H groups in total. The maximum absolute atomic E-state index is 13.6. The molecule has 9 nitrogen and oxygen atoms in total. The minimum atomic E-state index is -1.02. The summed E-state index contributed by atoms with van der Waals surface area (Å²) in [5.41, 5.74) is 3.49. The molecular weight excluding hydrogens is 530 g/mol. The molecule has 4 aromatic rings. The molecule has 2 amide bonds. The first kappa shape index (κ1) is 27.5. The summed E-state index contributed by atoms with van der Waals surface area (Å²) in [6.45, 7) is 0. The lowest BCUT2D eigenvalue weighted by Crippen LogP contribution is -2.55. The zero-order valence-corrected chi connectivity index (χ0v) is 23.4. The molecule has 2 aliphatic rings. The third-order valence-corrected chi connectivity index (χ3v) is 8.56. The van der Waals surface area contributed by atoms with E-state index in [2.05, 4.69) is 20.2 Å². The number of aromatic nitrogens is 3. The molecule has 0 atom stereocenters. The van der Waals surface area contributed by atoms with E-state index < -0.39 is 11.5 Å². The number of benzene rings is 2. The van der Waals surface area contributed by atoms with E-state index in [-0.39, 0.29) is 11.8 Å². The number of nitrogens with zero attached hydrogens (tertiary/aromatic N) is 2. The number of hydrogen-bond acceptors (Lipinski definition) is 4. The van der Waals surface area contributed by atoms with Crippen LogP contribution in [0.15, 0.2) is 66.9 Å². The number of aromatic amines is 1. The molecule has 42 heavy (non-hydrogen) atoms. The molecule has 0 saturated heterocycles. The number of hydrogen-bond donors (Lipinski definition) is 4. The minimum absolute atomic E-state index is 0.251. The third-order valence-electron chi connectivity index (χ3n) is 8.56. The van der Waals surface area contributed by atoms with Gasteiger partial charge < -0.3 is 25.3 Å². The first-order chi connectivity index (χ1) is 20.4.